The normalized spacial score (nSPS) is 24.7. The van der Waals surface area contributed by atoms with Gasteiger partial charge in [-0.15, -0.1) is 0 Å². The maximum absolute atomic E-state index is 11.6. The first-order valence-corrected chi connectivity index (χ1v) is 6.36. The first kappa shape index (κ1) is 11.9. The molecule has 1 aliphatic rings. The molecular weight excluding hydrogens is 202 g/mol. The lowest BCUT2D eigenvalue weighted by molar-refractivity contribution is 0.454. The fraction of sp³-hybridized carbons (Fsp3) is 1.00. The van der Waals surface area contributed by atoms with Crippen LogP contribution in [-0.4, -0.2) is 38.4 Å². The Morgan fingerprint density at radius 2 is 2.21 bits per heavy atom. The molecule has 84 valence electrons. The molecule has 3 N–H and O–H groups in total. The van der Waals surface area contributed by atoms with E-state index in [0.717, 1.165) is 6.42 Å². The van der Waals surface area contributed by atoms with Crippen molar-refractivity contribution in [3.05, 3.63) is 0 Å². The number of hydrogen-bond donors (Lipinski definition) is 2. The van der Waals surface area contributed by atoms with Crippen LogP contribution in [0.25, 0.3) is 0 Å². The maximum atomic E-state index is 11.6. The van der Waals surface area contributed by atoms with E-state index in [2.05, 4.69) is 4.72 Å². The molecule has 1 fully saturated rings. The first-order valence-electron chi connectivity index (χ1n) is 4.92. The van der Waals surface area contributed by atoms with Crippen LogP contribution in [0.3, 0.4) is 0 Å². The molecule has 0 radical (unpaired) electrons. The molecule has 0 spiro atoms. The summed E-state index contributed by atoms with van der Waals surface area (Å²) in [7, 11) is -3.28. The summed E-state index contributed by atoms with van der Waals surface area (Å²) in [6, 6.07) is -0.00868. The third-order valence-electron chi connectivity index (χ3n) is 2.20. The Morgan fingerprint density at radius 3 is 2.64 bits per heavy atom. The van der Waals surface area contributed by atoms with Crippen molar-refractivity contribution in [2.24, 2.45) is 11.7 Å². The number of nitrogens with two attached hydrogens (primary N) is 1. The van der Waals surface area contributed by atoms with Gasteiger partial charge in [-0.05, 0) is 12.3 Å². The Kier molecular flexibility index (Phi) is 3.88. The van der Waals surface area contributed by atoms with Gasteiger partial charge in [-0.1, -0.05) is 13.8 Å². The summed E-state index contributed by atoms with van der Waals surface area (Å²) in [4.78, 5) is 0. The summed E-state index contributed by atoms with van der Waals surface area (Å²) >= 11 is 0. The first-order chi connectivity index (χ1) is 6.42. The summed E-state index contributed by atoms with van der Waals surface area (Å²) in [6.07, 6.45) is 0.753. The second-order valence-corrected chi connectivity index (χ2v) is 5.91. The molecule has 0 aromatic rings. The molecule has 5 nitrogen and oxygen atoms in total. The molecule has 0 saturated carbocycles. The van der Waals surface area contributed by atoms with Crippen LogP contribution in [0.2, 0.25) is 0 Å². The minimum atomic E-state index is -3.28. The number of nitrogens with one attached hydrogen (secondary N) is 1. The molecule has 1 aliphatic heterocycles. The lowest BCUT2D eigenvalue weighted by Crippen LogP contribution is -2.41. The van der Waals surface area contributed by atoms with Crippen molar-refractivity contribution in [1.82, 2.24) is 9.03 Å². The van der Waals surface area contributed by atoms with Gasteiger partial charge in [0.15, 0.2) is 0 Å². The molecule has 6 heteroatoms. The summed E-state index contributed by atoms with van der Waals surface area (Å²) in [5.41, 5.74) is 5.64. The van der Waals surface area contributed by atoms with Gasteiger partial charge in [0.2, 0.25) is 0 Å². The van der Waals surface area contributed by atoms with Gasteiger partial charge in [0.1, 0.15) is 0 Å². The van der Waals surface area contributed by atoms with E-state index in [4.69, 9.17) is 5.73 Å². The van der Waals surface area contributed by atoms with Gasteiger partial charge in [-0.3, -0.25) is 0 Å². The van der Waals surface area contributed by atoms with Crippen molar-refractivity contribution in [3.63, 3.8) is 0 Å². The molecule has 0 aromatic carbocycles. The van der Waals surface area contributed by atoms with Gasteiger partial charge in [-0.25, -0.2) is 4.72 Å². The molecule has 14 heavy (non-hydrogen) atoms. The third-order valence-corrected chi connectivity index (χ3v) is 3.74. The van der Waals surface area contributed by atoms with E-state index < -0.39 is 10.2 Å². The molecular formula is C8H19N3O2S. The van der Waals surface area contributed by atoms with Gasteiger partial charge < -0.3 is 5.73 Å². The molecule has 1 saturated heterocycles. The Labute approximate surface area is 85.8 Å². The third kappa shape index (κ3) is 3.20. The van der Waals surface area contributed by atoms with Gasteiger partial charge in [0.05, 0.1) is 0 Å². The average molecular weight is 221 g/mol. The van der Waals surface area contributed by atoms with Crippen LogP contribution in [0.5, 0.6) is 0 Å². The molecule has 0 amide bonds. The Bertz CT molecular complexity index is 276. The summed E-state index contributed by atoms with van der Waals surface area (Å²) in [6.45, 7) is 5.40. The standard InChI is InChI=1S/C8H19N3O2S/c1-7(2)5-10-14(12,13)11-4-3-8(9)6-11/h7-8,10H,3-6,9H2,1-2H3/t8-/m0/s1. The van der Waals surface area contributed by atoms with E-state index in [-0.39, 0.29) is 6.04 Å². The molecule has 0 bridgehead atoms. The fourth-order valence-electron chi connectivity index (χ4n) is 1.34. The highest BCUT2D eigenvalue weighted by molar-refractivity contribution is 7.87. The highest BCUT2D eigenvalue weighted by Crippen LogP contribution is 2.10. The Morgan fingerprint density at radius 1 is 1.57 bits per heavy atom. The van der Waals surface area contributed by atoms with Gasteiger partial charge in [0, 0.05) is 25.7 Å². The predicted octanol–water partition coefficient (Wildman–Crippen LogP) is -0.490. The number of nitrogens with zero attached hydrogens (tertiary/aromatic N) is 1. The topological polar surface area (TPSA) is 75.4 Å². The van der Waals surface area contributed by atoms with E-state index >= 15 is 0 Å². The van der Waals surface area contributed by atoms with E-state index in [0.29, 0.717) is 25.6 Å². The van der Waals surface area contributed by atoms with Gasteiger partial charge >= 0.3 is 0 Å². The highest BCUT2D eigenvalue weighted by Gasteiger charge is 2.28. The van der Waals surface area contributed by atoms with E-state index in [1.54, 1.807) is 0 Å². The zero-order valence-corrected chi connectivity index (χ0v) is 9.55. The highest BCUT2D eigenvalue weighted by atomic mass is 32.2. The van der Waals surface area contributed by atoms with Crippen molar-refractivity contribution >= 4 is 10.2 Å². The van der Waals surface area contributed by atoms with Crippen LogP contribution in [0, 0.1) is 5.92 Å². The zero-order chi connectivity index (χ0) is 10.8. The minimum Gasteiger partial charge on any atom is -0.326 e. The Hall–Kier alpha value is -0.170. The van der Waals surface area contributed by atoms with Gasteiger partial charge in [-0.2, -0.15) is 12.7 Å². The number of hydrogen-bond acceptors (Lipinski definition) is 3. The molecule has 1 rings (SSSR count). The van der Waals surface area contributed by atoms with Crippen LogP contribution in [0.15, 0.2) is 0 Å². The van der Waals surface area contributed by atoms with Gasteiger partial charge in [0.25, 0.3) is 10.2 Å². The van der Waals surface area contributed by atoms with Crippen molar-refractivity contribution in [2.45, 2.75) is 26.3 Å². The fourth-order valence-corrected chi connectivity index (χ4v) is 2.80. The summed E-state index contributed by atoms with van der Waals surface area (Å²) in [5.74, 6) is 0.320. The van der Waals surface area contributed by atoms with Crippen molar-refractivity contribution in [1.29, 1.82) is 0 Å². The minimum absolute atomic E-state index is 0.00868. The lowest BCUT2D eigenvalue weighted by atomic mass is 10.2. The maximum Gasteiger partial charge on any atom is 0.279 e. The molecule has 0 aromatic heterocycles. The van der Waals surface area contributed by atoms with Crippen LogP contribution in [0.4, 0.5) is 0 Å². The smallest absolute Gasteiger partial charge is 0.279 e. The molecule has 0 aliphatic carbocycles. The van der Waals surface area contributed by atoms with Crippen LogP contribution < -0.4 is 10.5 Å². The van der Waals surface area contributed by atoms with Crippen LogP contribution >= 0.6 is 0 Å². The largest absolute Gasteiger partial charge is 0.326 e. The van der Waals surface area contributed by atoms with Crippen molar-refractivity contribution in [3.8, 4) is 0 Å². The monoisotopic (exact) mass is 221 g/mol. The van der Waals surface area contributed by atoms with E-state index in [1.807, 2.05) is 13.8 Å². The zero-order valence-electron chi connectivity index (χ0n) is 8.73. The quantitative estimate of drug-likeness (QED) is 0.672. The SMILES string of the molecule is CC(C)CNS(=O)(=O)N1CC[C@H](N)C1. The second-order valence-electron chi connectivity index (χ2n) is 4.15. The molecule has 0 unspecified atom stereocenters. The summed E-state index contributed by atoms with van der Waals surface area (Å²) in [5, 5.41) is 0. The van der Waals surface area contributed by atoms with E-state index in [1.165, 1.54) is 4.31 Å². The predicted molar refractivity (Wildman–Crippen MR) is 55.9 cm³/mol. The van der Waals surface area contributed by atoms with Crippen LogP contribution in [-0.2, 0) is 10.2 Å². The molecule has 1 heterocycles. The van der Waals surface area contributed by atoms with E-state index in [9.17, 15) is 8.42 Å². The second kappa shape index (κ2) is 4.57. The summed E-state index contributed by atoms with van der Waals surface area (Å²) < 4.78 is 27.3. The Balaban J connectivity index is 2.49. The lowest BCUT2D eigenvalue weighted by Gasteiger charge is -2.17. The van der Waals surface area contributed by atoms with Crippen molar-refractivity contribution < 1.29 is 8.42 Å². The van der Waals surface area contributed by atoms with Crippen LogP contribution in [0.1, 0.15) is 20.3 Å². The average Bonchev–Trinajstić information content (AvgIpc) is 2.49. The number of rotatable bonds is 4. The van der Waals surface area contributed by atoms with Crippen molar-refractivity contribution in [2.75, 3.05) is 19.6 Å². The molecule has 1 atom stereocenters.